The number of carbonyl (C=O) groups is 2. The van der Waals surface area contributed by atoms with Gasteiger partial charge < -0.3 is 5.11 Å². The summed E-state index contributed by atoms with van der Waals surface area (Å²) in [5, 5.41) is 11.0. The Labute approximate surface area is 132 Å². The molecule has 4 aliphatic rings. The highest BCUT2D eigenvalue weighted by molar-refractivity contribution is 5.87. The maximum Gasteiger partial charge on any atom is 0.139 e. The molecule has 0 aliphatic heterocycles. The zero-order valence-electron chi connectivity index (χ0n) is 13.8. The highest BCUT2D eigenvalue weighted by Crippen LogP contribution is 2.65. The fourth-order valence-electron chi connectivity index (χ4n) is 6.94. The van der Waals surface area contributed by atoms with Crippen LogP contribution in [0, 0.1) is 34.5 Å². The Balaban J connectivity index is 1.70. The van der Waals surface area contributed by atoms with Crippen molar-refractivity contribution < 1.29 is 14.7 Å². The van der Waals surface area contributed by atoms with E-state index in [1.807, 2.05) is 0 Å². The van der Waals surface area contributed by atoms with Gasteiger partial charge in [0.1, 0.15) is 11.6 Å². The summed E-state index contributed by atoms with van der Waals surface area (Å²) in [6.07, 6.45) is 6.55. The number of fused-ring (bicyclic) bond motifs is 5. The van der Waals surface area contributed by atoms with Gasteiger partial charge in [0.2, 0.25) is 0 Å². The predicted octanol–water partition coefficient (Wildman–Crippen LogP) is 3.14. The second-order valence-corrected chi connectivity index (χ2v) is 8.97. The zero-order valence-corrected chi connectivity index (χ0v) is 13.8. The number of aliphatic hydroxyl groups is 1. The standard InChI is InChI=1S/C19H28O3/c1-18-8-7-12(20)9-11(18)3-4-13-14-5-6-16(22)19(14,2)10-15(21)17(13)18/h11,13-15,17,21H,3-10H2,1-2H3/t11?,13-,14-,15?,17-,18-,19-/m0/s1. The van der Waals surface area contributed by atoms with Crippen LogP contribution in [0.3, 0.4) is 0 Å². The number of carbonyl (C=O) groups excluding carboxylic acids is 2. The molecule has 0 radical (unpaired) electrons. The lowest BCUT2D eigenvalue weighted by Gasteiger charge is -2.60. The SMILES string of the molecule is C[C@]12CCC(=O)CC1CC[C@@H]1[C@H]2C(O)C[C@]2(C)C(=O)CC[C@@H]12. The first-order valence-corrected chi connectivity index (χ1v) is 9.09. The van der Waals surface area contributed by atoms with E-state index >= 15 is 0 Å². The minimum atomic E-state index is -0.366. The molecule has 0 spiro atoms. The quantitative estimate of drug-likeness (QED) is 0.748. The second kappa shape index (κ2) is 4.66. The lowest BCUT2D eigenvalue weighted by atomic mass is 9.44. The summed E-state index contributed by atoms with van der Waals surface area (Å²) in [6, 6.07) is 0. The minimum Gasteiger partial charge on any atom is -0.393 e. The highest BCUT2D eigenvalue weighted by Gasteiger charge is 2.63. The normalized spacial score (nSPS) is 54.6. The Morgan fingerprint density at radius 2 is 1.86 bits per heavy atom. The Morgan fingerprint density at radius 1 is 1.09 bits per heavy atom. The van der Waals surface area contributed by atoms with Gasteiger partial charge in [0, 0.05) is 24.7 Å². The molecule has 3 nitrogen and oxygen atoms in total. The summed E-state index contributed by atoms with van der Waals surface area (Å²) < 4.78 is 0. The predicted molar refractivity (Wildman–Crippen MR) is 83.1 cm³/mol. The molecule has 0 amide bonds. The molecule has 4 saturated carbocycles. The fraction of sp³-hybridized carbons (Fsp3) is 0.895. The molecule has 0 heterocycles. The van der Waals surface area contributed by atoms with E-state index in [1.54, 1.807) is 0 Å². The van der Waals surface area contributed by atoms with Crippen LogP contribution >= 0.6 is 0 Å². The summed E-state index contributed by atoms with van der Waals surface area (Å²) in [5.74, 6) is 2.47. The first-order valence-electron chi connectivity index (χ1n) is 9.09. The summed E-state index contributed by atoms with van der Waals surface area (Å²) in [4.78, 5) is 24.3. The maximum absolute atomic E-state index is 12.4. The van der Waals surface area contributed by atoms with Gasteiger partial charge in [0.05, 0.1) is 6.10 Å². The van der Waals surface area contributed by atoms with Crippen molar-refractivity contribution in [1.82, 2.24) is 0 Å². The number of hydrogen-bond acceptors (Lipinski definition) is 3. The van der Waals surface area contributed by atoms with Crippen molar-refractivity contribution in [2.45, 2.75) is 71.3 Å². The van der Waals surface area contributed by atoms with Gasteiger partial charge in [-0.15, -0.1) is 0 Å². The molecule has 122 valence electrons. The van der Waals surface area contributed by atoms with Crippen LogP contribution in [0.1, 0.15) is 65.2 Å². The Hall–Kier alpha value is -0.700. The molecule has 0 aromatic heterocycles. The van der Waals surface area contributed by atoms with Crippen LogP contribution in [0.4, 0.5) is 0 Å². The summed E-state index contributed by atoms with van der Waals surface area (Å²) in [5.41, 5.74) is -0.183. The Bertz CT molecular complexity index is 527. The van der Waals surface area contributed by atoms with Gasteiger partial charge in [-0.25, -0.2) is 0 Å². The topological polar surface area (TPSA) is 54.4 Å². The molecule has 4 fully saturated rings. The molecule has 4 aliphatic carbocycles. The third kappa shape index (κ3) is 1.78. The average molecular weight is 304 g/mol. The monoisotopic (exact) mass is 304 g/mol. The Kier molecular flexibility index (Phi) is 3.15. The average Bonchev–Trinajstić information content (AvgIpc) is 2.75. The van der Waals surface area contributed by atoms with E-state index in [0.717, 1.165) is 25.7 Å². The maximum atomic E-state index is 12.4. The van der Waals surface area contributed by atoms with Gasteiger partial charge in [-0.3, -0.25) is 9.59 Å². The third-order valence-corrected chi connectivity index (χ3v) is 8.12. The molecule has 0 aromatic carbocycles. The van der Waals surface area contributed by atoms with Crippen molar-refractivity contribution in [3.05, 3.63) is 0 Å². The Morgan fingerprint density at radius 3 is 2.64 bits per heavy atom. The molecule has 1 N–H and O–H groups in total. The largest absolute Gasteiger partial charge is 0.393 e. The van der Waals surface area contributed by atoms with E-state index in [9.17, 15) is 14.7 Å². The summed E-state index contributed by atoms with van der Waals surface area (Å²) in [7, 11) is 0. The molecule has 4 rings (SSSR count). The van der Waals surface area contributed by atoms with Crippen molar-refractivity contribution in [1.29, 1.82) is 0 Å². The lowest BCUT2D eigenvalue weighted by Crippen LogP contribution is -2.58. The second-order valence-electron chi connectivity index (χ2n) is 8.97. The lowest BCUT2D eigenvalue weighted by molar-refractivity contribution is -0.171. The van der Waals surface area contributed by atoms with Crippen molar-refractivity contribution in [2.75, 3.05) is 0 Å². The molecular formula is C19H28O3. The fourth-order valence-corrected chi connectivity index (χ4v) is 6.94. The van der Waals surface area contributed by atoms with Crippen molar-refractivity contribution in [3.63, 3.8) is 0 Å². The molecule has 22 heavy (non-hydrogen) atoms. The van der Waals surface area contributed by atoms with Gasteiger partial charge >= 0.3 is 0 Å². The van der Waals surface area contributed by atoms with E-state index in [2.05, 4.69) is 13.8 Å². The van der Waals surface area contributed by atoms with Gasteiger partial charge in [-0.1, -0.05) is 13.8 Å². The highest BCUT2D eigenvalue weighted by atomic mass is 16.3. The van der Waals surface area contributed by atoms with Gasteiger partial charge in [-0.05, 0) is 61.2 Å². The van der Waals surface area contributed by atoms with Gasteiger partial charge in [-0.2, -0.15) is 0 Å². The van der Waals surface area contributed by atoms with Crippen LogP contribution in [0.25, 0.3) is 0 Å². The van der Waals surface area contributed by atoms with Crippen LogP contribution in [-0.4, -0.2) is 22.8 Å². The molecule has 2 unspecified atom stereocenters. The smallest absolute Gasteiger partial charge is 0.139 e. The van der Waals surface area contributed by atoms with E-state index in [0.29, 0.717) is 60.9 Å². The first-order chi connectivity index (χ1) is 10.4. The van der Waals surface area contributed by atoms with Crippen molar-refractivity contribution in [2.24, 2.45) is 34.5 Å². The van der Waals surface area contributed by atoms with Crippen LogP contribution in [0.2, 0.25) is 0 Å². The third-order valence-electron chi connectivity index (χ3n) is 8.12. The molecule has 7 atom stereocenters. The minimum absolute atomic E-state index is 0.100. The van der Waals surface area contributed by atoms with Gasteiger partial charge in [0.15, 0.2) is 0 Å². The zero-order chi connectivity index (χ0) is 15.7. The van der Waals surface area contributed by atoms with Crippen LogP contribution in [-0.2, 0) is 9.59 Å². The van der Waals surface area contributed by atoms with Crippen molar-refractivity contribution >= 4 is 11.6 Å². The van der Waals surface area contributed by atoms with Crippen molar-refractivity contribution in [3.8, 4) is 0 Å². The summed E-state index contributed by atoms with van der Waals surface area (Å²) >= 11 is 0. The number of rotatable bonds is 0. The van der Waals surface area contributed by atoms with Gasteiger partial charge in [0.25, 0.3) is 0 Å². The number of aliphatic hydroxyl groups excluding tert-OH is 1. The molecule has 0 bridgehead atoms. The number of hydrogen-bond donors (Lipinski definition) is 1. The van der Waals surface area contributed by atoms with E-state index in [-0.39, 0.29) is 16.9 Å². The van der Waals surface area contributed by atoms with Crippen LogP contribution in [0.15, 0.2) is 0 Å². The summed E-state index contributed by atoms with van der Waals surface area (Å²) in [6.45, 7) is 4.43. The molecule has 0 saturated heterocycles. The molecule has 3 heteroatoms. The number of Topliss-reactive ketones (excluding diaryl/α,β-unsaturated/α-hetero) is 2. The van der Waals surface area contributed by atoms with Crippen LogP contribution in [0.5, 0.6) is 0 Å². The van der Waals surface area contributed by atoms with E-state index in [1.165, 1.54) is 0 Å². The van der Waals surface area contributed by atoms with E-state index < -0.39 is 0 Å². The molecular weight excluding hydrogens is 276 g/mol. The molecule has 0 aromatic rings. The van der Waals surface area contributed by atoms with Crippen LogP contribution < -0.4 is 0 Å². The number of ketones is 2. The van der Waals surface area contributed by atoms with E-state index in [4.69, 9.17) is 0 Å². The first kappa shape index (κ1) is 14.9.